The van der Waals surface area contributed by atoms with Gasteiger partial charge in [0.1, 0.15) is 0 Å². The van der Waals surface area contributed by atoms with Gasteiger partial charge in [0.05, 0.1) is 12.7 Å². The lowest BCUT2D eigenvalue weighted by Gasteiger charge is -2.38. The number of aliphatic hydroxyl groups excluding tert-OH is 1. The van der Waals surface area contributed by atoms with Crippen LogP contribution in [0, 0.1) is 11.8 Å². The van der Waals surface area contributed by atoms with Crippen LogP contribution < -0.4 is 0 Å². The van der Waals surface area contributed by atoms with Crippen molar-refractivity contribution in [2.45, 2.75) is 51.2 Å². The Balaban J connectivity index is 1.80. The van der Waals surface area contributed by atoms with Crippen LogP contribution in [0.3, 0.4) is 0 Å². The van der Waals surface area contributed by atoms with Crippen molar-refractivity contribution in [3.8, 4) is 0 Å². The molecule has 0 aromatic rings. The Morgan fingerprint density at radius 3 is 2.82 bits per heavy atom. The molecule has 4 atom stereocenters. The van der Waals surface area contributed by atoms with Gasteiger partial charge in [0.15, 0.2) is 0 Å². The molecular weight excluding hydrogens is 214 g/mol. The van der Waals surface area contributed by atoms with Gasteiger partial charge >= 0.3 is 0 Å². The Bertz CT molecular complexity index is 234. The van der Waals surface area contributed by atoms with Crippen molar-refractivity contribution in [3.05, 3.63) is 0 Å². The van der Waals surface area contributed by atoms with Gasteiger partial charge in [0, 0.05) is 25.1 Å². The highest BCUT2D eigenvalue weighted by molar-refractivity contribution is 4.81. The SMILES string of the molecule is CC1CCCC(N(C)CC2COCCC2O)C1. The van der Waals surface area contributed by atoms with Gasteiger partial charge in [0.25, 0.3) is 0 Å². The van der Waals surface area contributed by atoms with Crippen LogP contribution in [-0.4, -0.2) is 49.0 Å². The molecule has 0 spiro atoms. The van der Waals surface area contributed by atoms with Crippen LogP contribution in [-0.2, 0) is 4.74 Å². The summed E-state index contributed by atoms with van der Waals surface area (Å²) in [5, 5.41) is 9.96. The summed E-state index contributed by atoms with van der Waals surface area (Å²) in [6.45, 7) is 4.80. The molecular formula is C14H27NO2. The second-order valence-corrected chi connectivity index (χ2v) is 6.06. The van der Waals surface area contributed by atoms with Crippen molar-refractivity contribution in [1.82, 2.24) is 4.90 Å². The Labute approximate surface area is 105 Å². The third kappa shape index (κ3) is 3.67. The Kier molecular flexibility index (Phi) is 4.83. The Hall–Kier alpha value is -0.120. The van der Waals surface area contributed by atoms with Crippen LogP contribution in [0.25, 0.3) is 0 Å². The summed E-state index contributed by atoms with van der Waals surface area (Å²) in [7, 11) is 2.21. The van der Waals surface area contributed by atoms with E-state index in [2.05, 4.69) is 18.9 Å². The molecule has 0 bridgehead atoms. The van der Waals surface area contributed by atoms with E-state index in [1.54, 1.807) is 0 Å². The van der Waals surface area contributed by atoms with Crippen LogP contribution in [0.2, 0.25) is 0 Å². The molecule has 1 saturated heterocycles. The van der Waals surface area contributed by atoms with Crippen molar-refractivity contribution in [2.24, 2.45) is 11.8 Å². The molecule has 0 aromatic carbocycles. The molecule has 2 fully saturated rings. The summed E-state index contributed by atoms with van der Waals surface area (Å²) >= 11 is 0. The maximum atomic E-state index is 9.96. The lowest BCUT2D eigenvalue weighted by molar-refractivity contribution is -0.0496. The van der Waals surface area contributed by atoms with E-state index in [0.717, 1.165) is 32.1 Å². The molecule has 0 amide bonds. The predicted octanol–water partition coefficient (Wildman–Crippen LogP) is 1.89. The maximum absolute atomic E-state index is 9.96. The molecule has 1 aliphatic carbocycles. The van der Waals surface area contributed by atoms with Crippen molar-refractivity contribution in [3.63, 3.8) is 0 Å². The highest BCUT2D eigenvalue weighted by Crippen LogP contribution is 2.27. The molecule has 1 heterocycles. The van der Waals surface area contributed by atoms with Crippen LogP contribution in [0.5, 0.6) is 0 Å². The van der Waals surface area contributed by atoms with Gasteiger partial charge in [-0.05, 0) is 32.2 Å². The monoisotopic (exact) mass is 241 g/mol. The van der Waals surface area contributed by atoms with Crippen molar-refractivity contribution in [1.29, 1.82) is 0 Å². The van der Waals surface area contributed by atoms with Crippen molar-refractivity contribution >= 4 is 0 Å². The minimum atomic E-state index is -0.160. The molecule has 17 heavy (non-hydrogen) atoms. The summed E-state index contributed by atoms with van der Waals surface area (Å²) in [6.07, 6.45) is 6.04. The predicted molar refractivity (Wildman–Crippen MR) is 69.0 cm³/mol. The van der Waals surface area contributed by atoms with Crippen LogP contribution in [0.4, 0.5) is 0 Å². The van der Waals surface area contributed by atoms with Crippen LogP contribution in [0.1, 0.15) is 39.0 Å². The minimum Gasteiger partial charge on any atom is -0.393 e. The minimum absolute atomic E-state index is 0.160. The van der Waals surface area contributed by atoms with Gasteiger partial charge < -0.3 is 14.7 Å². The van der Waals surface area contributed by atoms with E-state index in [0.29, 0.717) is 12.0 Å². The average Bonchev–Trinajstić information content (AvgIpc) is 2.32. The number of rotatable bonds is 3. The smallest absolute Gasteiger partial charge is 0.0624 e. The zero-order chi connectivity index (χ0) is 12.3. The summed E-state index contributed by atoms with van der Waals surface area (Å²) < 4.78 is 5.48. The van der Waals surface area contributed by atoms with E-state index < -0.39 is 0 Å². The summed E-state index contributed by atoms with van der Waals surface area (Å²) in [5.41, 5.74) is 0. The van der Waals surface area contributed by atoms with E-state index in [9.17, 15) is 5.11 Å². The lowest BCUT2D eigenvalue weighted by Crippen LogP contribution is -2.44. The molecule has 1 saturated carbocycles. The highest BCUT2D eigenvalue weighted by atomic mass is 16.5. The van der Waals surface area contributed by atoms with Gasteiger partial charge in [-0.1, -0.05) is 19.8 Å². The molecule has 2 rings (SSSR count). The zero-order valence-electron chi connectivity index (χ0n) is 11.3. The summed E-state index contributed by atoms with van der Waals surface area (Å²) in [5.74, 6) is 1.18. The third-order valence-electron chi connectivity index (χ3n) is 4.49. The van der Waals surface area contributed by atoms with E-state index in [4.69, 9.17) is 4.74 Å². The Morgan fingerprint density at radius 2 is 2.12 bits per heavy atom. The lowest BCUT2D eigenvalue weighted by atomic mass is 9.86. The molecule has 1 aliphatic heterocycles. The molecule has 0 radical (unpaired) electrons. The molecule has 4 unspecified atom stereocenters. The Morgan fingerprint density at radius 1 is 1.29 bits per heavy atom. The first kappa shape index (κ1) is 13.3. The van der Waals surface area contributed by atoms with Crippen LogP contribution >= 0.6 is 0 Å². The average molecular weight is 241 g/mol. The molecule has 3 heteroatoms. The molecule has 3 nitrogen and oxygen atoms in total. The molecule has 2 aliphatic rings. The van der Waals surface area contributed by atoms with Gasteiger partial charge in [0.2, 0.25) is 0 Å². The van der Waals surface area contributed by atoms with Gasteiger partial charge in [-0.25, -0.2) is 0 Å². The highest BCUT2D eigenvalue weighted by Gasteiger charge is 2.28. The van der Waals surface area contributed by atoms with E-state index in [-0.39, 0.29) is 6.10 Å². The van der Waals surface area contributed by atoms with E-state index in [1.807, 2.05) is 0 Å². The third-order valence-corrected chi connectivity index (χ3v) is 4.49. The first-order valence-electron chi connectivity index (χ1n) is 7.13. The standard InChI is InChI=1S/C14H27NO2/c1-11-4-3-5-13(8-11)15(2)9-12-10-17-7-6-14(12)16/h11-14,16H,3-10H2,1-2H3. The second-order valence-electron chi connectivity index (χ2n) is 6.06. The number of hydrogen-bond donors (Lipinski definition) is 1. The molecule has 0 aromatic heterocycles. The number of hydrogen-bond acceptors (Lipinski definition) is 3. The van der Waals surface area contributed by atoms with E-state index in [1.165, 1.54) is 25.7 Å². The quantitative estimate of drug-likeness (QED) is 0.819. The first-order chi connectivity index (χ1) is 8.16. The topological polar surface area (TPSA) is 32.7 Å². The number of nitrogens with zero attached hydrogens (tertiary/aromatic N) is 1. The second kappa shape index (κ2) is 6.17. The largest absolute Gasteiger partial charge is 0.393 e. The fraction of sp³-hybridized carbons (Fsp3) is 1.00. The number of aliphatic hydroxyl groups is 1. The van der Waals surface area contributed by atoms with E-state index >= 15 is 0 Å². The summed E-state index contributed by atoms with van der Waals surface area (Å²) in [4.78, 5) is 2.46. The van der Waals surface area contributed by atoms with Gasteiger partial charge in [-0.15, -0.1) is 0 Å². The fourth-order valence-electron chi connectivity index (χ4n) is 3.28. The van der Waals surface area contributed by atoms with Crippen LogP contribution in [0.15, 0.2) is 0 Å². The molecule has 1 N–H and O–H groups in total. The van der Waals surface area contributed by atoms with Gasteiger partial charge in [-0.3, -0.25) is 0 Å². The molecule has 100 valence electrons. The number of ether oxygens (including phenoxy) is 1. The maximum Gasteiger partial charge on any atom is 0.0624 e. The van der Waals surface area contributed by atoms with Crippen molar-refractivity contribution < 1.29 is 9.84 Å². The zero-order valence-corrected chi connectivity index (χ0v) is 11.3. The fourth-order valence-corrected chi connectivity index (χ4v) is 3.28. The normalized spacial score (nSPS) is 39.5. The van der Waals surface area contributed by atoms with Crippen molar-refractivity contribution in [2.75, 3.05) is 26.8 Å². The first-order valence-corrected chi connectivity index (χ1v) is 7.13. The van der Waals surface area contributed by atoms with Gasteiger partial charge in [-0.2, -0.15) is 0 Å². The summed E-state index contributed by atoms with van der Waals surface area (Å²) in [6, 6.07) is 0.716.